The van der Waals surface area contributed by atoms with Crippen molar-refractivity contribution in [3.8, 4) is 5.69 Å². The molecule has 3 nitrogen and oxygen atoms in total. The minimum Gasteiger partial charge on any atom is -0.314 e. The highest BCUT2D eigenvalue weighted by atomic mass is 15.3. The Bertz CT molecular complexity index is 446. The first-order valence-electron chi connectivity index (χ1n) is 5.06. The van der Waals surface area contributed by atoms with Gasteiger partial charge in [0, 0.05) is 12.7 Å². The van der Waals surface area contributed by atoms with Crippen LogP contribution in [0.25, 0.3) is 5.69 Å². The zero-order valence-corrected chi connectivity index (χ0v) is 9.07. The number of aryl methyl sites for hydroxylation is 1. The molecule has 0 unspecified atom stereocenters. The molecule has 0 radical (unpaired) electrons. The first kappa shape index (κ1) is 9.93. The van der Waals surface area contributed by atoms with Gasteiger partial charge in [0.2, 0.25) is 0 Å². The standard InChI is InChI=1S/C12H15N3/c1-10-5-3-4-6-12(10)15-11(9-13-2)7-8-14-15/h3-8,13H,9H2,1-2H3. The lowest BCUT2D eigenvalue weighted by Gasteiger charge is -2.09. The first-order chi connectivity index (χ1) is 7.33. The molecule has 0 aliphatic rings. The van der Waals surface area contributed by atoms with E-state index in [0.717, 1.165) is 12.2 Å². The van der Waals surface area contributed by atoms with Crippen LogP contribution in [0, 0.1) is 6.92 Å². The van der Waals surface area contributed by atoms with Gasteiger partial charge in [-0.15, -0.1) is 0 Å². The Morgan fingerprint density at radius 3 is 2.80 bits per heavy atom. The largest absolute Gasteiger partial charge is 0.314 e. The number of rotatable bonds is 3. The minimum atomic E-state index is 0.828. The van der Waals surface area contributed by atoms with Gasteiger partial charge in [0.25, 0.3) is 0 Å². The minimum absolute atomic E-state index is 0.828. The Hall–Kier alpha value is -1.61. The molecule has 0 aliphatic carbocycles. The zero-order valence-electron chi connectivity index (χ0n) is 9.07. The van der Waals surface area contributed by atoms with Gasteiger partial charge in [-0.3, -0.25) is 0 Å². The smallest absolute Gasteiger partial charge is 0.0678 e. The van der Waals surface area contributed by atoms with E-state index in [1.54, 1.807) is 0 Å². The lowest BCUT2D eigenvalue weighted by molar-refractivity contribution is 0.727. The van der Waals surface area contributed by atoms with Crippen molar-refractivity contribution in [2.75, 3.05) is 7.05 Å². The highest BCUT2D eigenvalue weighted by Gasteiger charge is 2.05. The number of hydrogen-bond donors (Lipinski definition) is 1. The van der Waals surface area contributed by atoms with Crippen molar-refractivity contribution in [2.24, 2.45) is 0 Å². The molecule has 1 N–H and O–H groups in total. The maximum absolute atomic E-state index is 4.34. The molecule has 1 heterocycles. The number of nitrogens with one attached hydrogen (secondary N) is 1. The summed E-state index contributed by atoms with van der Waals surface area (Å²) >= 11 is 0. The second kappa shape index (κ2) is 4.28. The van der Waals surface area contributed by atoms with Crippen LogP contribution in [0.5, 0.6) is 0 Å². The predicted octanol–water partition coefficient (Wildman–Crippen LogP) is 1.90. The summed E-state index contributed by atoms with van der Waals surface area (Å²) in [6.45, 7) is 2.93. The van der Waals surface area contributed by atoms with E-state index in [4.69, 9.17) is 0 Å². The van der Waals surface area contributed by atoms with Gasteiger partial charge in [-0.1, -0.05) is 18.2 Å². The molecule has 15 heavy (non-hydrogen) atoms. The van der Waals surface area contributed by atoms with Gasteiger partial charge < -0.3 is 5.32 Å². The number of para-hydroxylation sites is 1. The highest BCUT2D eigenvalue weighted by Crippen LogP contribution is 2.14. The van der Waals surface area contributed by atoms with E-state index < -0.39 is 0 Å². The summed E-state index contributed by atoms with van der Waals surface area (Å²) in [5.41, 5.74) is 3.55. The molecule has 2 rings (SSSR count). The van der Waals surface area contributed by atoms with Gasteiger partial charge in [-0.2, -0.15) is 5.10 Å². The molecule has 0 fully saturated rings. The maximum atomic E-state index is 4.34. The molecular weight excluding hydrogens is 186 g/mol. The molecule has 1 aromatic heterocycles. The molecule has 0 bridgehead atoms. The van der Waals surface area contributed by atoms with Crippen LogP contribution in [0.2, 0.25) is 0 Å². The second-order valence-electron chi connectivity index (χ2n) is 3.55. The monoisotopic (exact) mass is 201 g/mol. The molecule has 3 heteroatoms. The average molecular weight is 201 g/mol. The quantitative estimate of drug-likeness (QED) is 0.822. The van der Waals surface area contributed by atoms with Crippen LogP contribution in [0.3, 0.4) is 0 Å². The molecule has 0 atom stereocenters. The number of benzene rings is 1. The summed E-state index contributed by atoms with van der Waals surface area (Å²) in [4.78, 5) is 0. The van der Waals surface area contributed by atoms with Crippen molar-refractivity contribution in [1.29, 1.82) is 0 Å². The van der Waals surface area contributed by atoms with Crippen molar-refractivity contribution >= 4 is 0 Å². The van der Waals surface area contributed by atoms with Crippen molar-refractivity contribution < 1.29 is 0 Å². The van der Waals surface area contributed by atoms with Crippen LogP contribution < -0.4 is 5.32 Å². The molecule has 0 aliphatic heterocycles. The summed E-state index contributed by atoms with van der Waals surface area (Å²) in [5, 5.41) is 7.48. The molecular formula is C12H15N3. The SMILES string of the molecule is CNCc1ccnn1-c1ccccc1C. The molecule has 78 valence electrons. The number of nitrogens with zero attached hydrogens (tertiary/aromatic N) is 2. The van der Waals surface area contributed by atoms with Crippen LogP contribution in [0.15, 0.2) is 36.5 Å². The fourth-order valence-electron chi connectivity index (χ4n) is 1.66. The van der Waals surface area contributed by atoms with E-state index in [2.05, 4.69) is 29.5 Å². The summed E-state index contributed by atoms with van der Waals surface area (Å²) in [6.07, 6.45) is 1.83. The van der Waals surface area contributed by atoms with Gasteiger partial charge >= 0.3 is 0 Å². The van der Waals surface area contributed by atoms with E-state index in [0.29, 0.717) is 0 Å². The van der Waals surface area contributed by atoms with E-state index in [-0.39, 0.29) is 0 Å². The molecule has 0 spiro atoms. The summed E-state index contributed by atoms with van der Waals surface area (Å²) in [7, 11) is 1.94. The number of aromatic nitrogens is 2. The van der Waals surface area contributed by atoms with Gasteiger partial charge in [0.05, 0.1) is 11.4 Å². The summed E-state index contributed by atoms with van der Waals surface area (Å²) in [6, 6.07) is 10.3. The van der Waals surface area contributed by atoms with Crippen LogP contribution in [-0.2, 0) is 6.54 Å². The molecule has 0 saturated carbocycles. The second-order valence-corrected chi connectivity index (χ2v) is 3.55. The van der Waals surface area contributed by atoms with Crippen molar-refractivity contribution in [3.63, 3.8) is 0 Å². The first-order valence-corrected chi connectivity index (χ1v) is 5.06. The normalized spacial score (nSPS) is 10.5. The molecule has 2 aromatic rings. The van der Waals surface area contributed by atoms with Gasteiger partial charge in [0.15, 0.2) is 0 Å². The fourth-order valence-corrected chi connectivity index (χ4v) is 1.66. The fraction of sp³-hybridized carbons (Fsp3) is 0.250. The Balaban J connectivity index is 2.45. The van der Waals surface area contributed by atoms with Gasteiger partial charge in [0.1, 0.15) is 0 Å². The molecule has 0 amide bonds. The van der Waals surface area contributed by atoms with Crippen molar-refractivity contribution in [3.05, 3.63) is 47.8 Å². The van der Waals surface area contributed by atoms with E-state index in [9.17, 15) is 0 Å². The van der Waals surface area contributed by atoms with Crippen molar-refractivity contribution in [2.45, 2.75) is 13.5 Å². The third-order valence-corrected chi connectivity index (χ3v) is 2.42. The highest BCUT2D eigenvalue weighted by molar-refractivity contribution is 5.40. The van der Waals surface area contributed by atoms with E-state index in [1.807, 2.05) is 36.1 Å². The lowest BCUT2D eigenvalue weighted by atomic mass is 10.2. The van der Waals surface area contributed by atoms with Crippen LogP contribution in [-0.4, -0.2) is 16.8 Å². The topological polar surface area (TPSA) is 29.9 Å². The predicted molar refractivity (Wildman–Crippen MR) is 61.1 cm³/mol. The van der Waals surface area contributed by atoms with Gasteiger partial charge in [-0.05, 0) is 31.7 Å². The number of hydrogen-bond acceptors (Lipinski definition) is 2. The van der Waals surface area contributed by atoms with Gasteiger partial charge in [-0.25, -0.2) is 4.68 Å². The van der Waals surface area contributed by atoms with E-state index >= 15 is 0 Å². The molecule has 0 saturated heterocycles. The third kappa shape index (κ3) is 1.92. The maximum Gasteiger partial charge on any atom is 0.0678 e. The average Bonchev–Trinajstić information content (AvgIpc) is 2.67. The summed E-state index contributed by atoms with van der Waals surface area (Å²) < 4.78 is 1.98. The Kier molecular flexibility index (Phi) is 2.83. The van der Waals surface area contributed by atoms with Crippen LogP contribution in [0.1, 0.15) is 11.3 Å². The third-order valence-electron chi connectivity index (χ3n) is 2.42. The molecule has 1 aromatic carbocycles. The zero-order chi connectivity index (χ0) is 10.7. The van der Waals surface area contributed by atoms with Crippen LogP contribution in [0.4, 0.5) is 0 Å². The Morgan fingerprint density at radius 2 is 2.07 bits per heavy atom. The lowest BCUT2D eigenvalue weighted by Crippen LogP contribution is -2.11. The van der Waals surface area contributed by atoms with Crippen molar-refractivity contribution in [1.82, 2.24) is 15.1 Å². The summed E-state index contributed by atoms with van der Waals surface area (Å²) in [5.74, 6) is 0. The van der Waals surface area contributed by atoms with Crippen LogP contribution >= 0.6 is 0 Å². The van der Waals surface area contributed by atoms with E-state index in [1.165, 1.54) is 11.3 Å². The Morgan fingerprint density at radius 1 is 1.27 bits per heavy atom. The Labute approximate surface area is 89.7 Å².